The first-order chi connectivity index (χ1) is 10.3. The summed E-state index contributed by atoms with van der Waals surface area (Å²) < 4.78 is 0. The highest BCUT2D eigenvalue weighted by atomic mass is 15.1. The van der Waals surface area contributed by atoms with Gasteiger partial charge in [0.2, 0.25) is 0 Å². The molecular weight excluding hydrogens is 260 g/mol. The molecule has 114 valence electrons. The van der Waals surface area contributed by atoms with Crippen molar-refractivity contribution in [3.8, 4) is 0 Å². The first kappa shape index (κ1) is 15.7. The van der Waals surface area contributed by atoms with Crippen molar-refractivity contribution >= 4 is 0 Å². The quantitative estimate of drug-likeness (QED) is 0.766. The van der Waals surface area contributed by atoms with Crippen molar-refractivity contribution in [2.75, 3.05) is 6.54 Å². The first-order valence-corrected chi connectivity index (χ1v) is 7.95. The summed E-state index contributed by atoms with van der Waals surface area (Å²) >= 11 is 0. The lowest BCUT2D eigenvalue weighted by Gasteiger charge is -2.20. The Morgan fingerprint density at radius 1 is 1.14 bits per heavy atom. The van der Waals surface area contributed by atoms with E-state index in [-0.39, 0.29) is 0 Å². The van der Waals surface area contributed by atoms with Crippen LogP contribution in [0.25, 0.3) is 0 Å². The Morgan fingerprint density at radius 2 is 2.05 bits per heavy atom. The van der Waals surface area contributed by atoms with Gasteiger partial charge < -0.3 is 4.98 Å². The van der Waals surface area contributed by atoms with Gasteiger partial charge in [0.15, 0.2) is 0 Å². The Kier molecular flexibility index (Phi) is 6.41. The molecule has 0 fully saturated rings. The van der Waals surface area contributed by atoms with E-state index < -0.39 is 0 Å². The number of hydrogen-bond donors (Lipinski definition) is 1. The molecule has 4 heteroatoms. The largest absolute Gasteiger partial charge is 0.345 e. The highest BCUT2D eigenvalue weighted by Gasteiger charge is 2.08. The molecule has 2 aromatic rings. The molecule has 0 spiro atoms. The topological polar surface area (TPSA) is 44.8 Å². The van der Waals surface area contributed by atoms with E-state index in [0.717, 1.165) is 38.3 Å². The van der Waals surface area contributed by atoms with Gasteiger partial charge in [0, 0.05) is 43.8 Å². The van der Waals surface area contributed by atoms with E-state index in [9.17, 15) is 0 Å². The summed E-state index contributed by atoms with van der Waals surface area (Å²) in [6, 6.07) is 4.13. The minimum Gasteiger partial charge on any atom is -0.345 e. The normalized spacial score (nSPS) is 11.2. The van der Waals surface area contributed by atoms with Crippen molar-refractivity contribution in [3.05, 3.63) is 47.8 Å². The summed E-state index contributed by atoms with van der Waals surface area (Å²) in [6.45, 7) is 7.36. The molecule has 21 heavy (non-hydrogen) atoms. The standard InChI is InChI=1S/C17H26N4/c1-3-5-8-17-19-12-16(20-17)14-21(10-4-2)13-15-7-6-9-18-11-15/h6-7,9,11-12H,3-5,8,10,13-14H2,1-2H3,(H,19,20). The van der Waals surface area contributed by atoms with Crippen LogP contribution in [0.3, 0.4) is 0 Å². The molecular formula is C17H26N4. The van der Waals surface area contributed by atoms with E-state index >= 15 is 0 Å². The number of nitrogens with zero attached hydrogens (tertiary/aromatic N) is 3. The molecule has 0 saturated carbocycles. The number of unbranched alkanes of at least 4 members (excludes halogenated alkanes) is 1. The van der Waals surface area contributed by atoms with Crippen molar-refractivity contribution in [1.82, 2.24) is 19.9 Å². The predicted molar refractivity (Wildman–Crippen MR) is 85.8 cm³/mol. The van der Waals surface area contributed by atoms with Crippen LogP contribution in [0.5, 0.6) is 0 Å². The molecule has 0 amide bonds. The summed E-state index contributed by atoms with van der Waals surface area (Å²) in [6.07, 6.45) is 10.4. The highest BCUT2D eigenvalue weighted by Crippen LogP contribution is 2.10. The maximum absolute atomic E-state index is 4.48. The molecule has 0 aliphatic heterocycles. The van der Waals surface area contributed by atoms with Gasteiger partial charge in [0.25, 0.3) is 0 Å². The Hall–Kier alpha value is -1.68. The average Bonchev–Trinajstić information content (AvgIpc) is 2.94. The summed E-state index contributed by atoms with van der Waals surface area (Å²) in [5.74, 6) is 1.12. The number of rotatable bonds is 9. The van der Waals surface area contributed by atoms with Gasteiger partial charge in [-0.3, -0.25) is 9.88 Å². The summed E-state index contributed by atoms with van der Waals surface area (Å²) in [7, 11) is 0. The van der Waals surface area contributed by atoms with Gasteiger partial charge in [0.05, 0.1) is 0 Å². The third-order valence-electron chi connectivity index (χ3n) is 3.51. The molecule has 4 nitrogen and oxygen atoms in total. The molecule has 0 unspecified atom stereocenters. The molecule has 2 heterocycles. The van der Waals surface area contributed by atoms with Crippen LogP contribution in [-0.2, 0) is 19.5 Å². The van der Waals surface area contributed by atoms with Crippen molar-refractivity contribution in [2.24, 2.45) is 0 Å². The van der Waals surface area contributed by atoms with Crippen molar-refractivity contribution in [3.63, 3.8) is 0 Å². The number of pyridine rings is 1. The Balaban J connectivity index is 1.94. The third kappa shape index (κ3) is 5.31. The number of hydrogen-bond acceptors (Lipinski definition) is 3. The van der Waals surface area contributed by atoms with Crippen LogP contribution in [-0.4, -0.2) is 26.4 Å². The Labute approximate surface area is 127 Å². The van der Waals surface area contributed by atoms with Gasteiger partial charge in [-0.1, -0.05) is 26.3 Å². The zero-order chi connectivity index (χ0) is 14.9. The van der Waals surface area contributed by atoms with Gasteiger partial charge in [-0.2, -0.15) is 0 Å². The number of aryl methyl sites for hydroxylation is 1. The van der Waals surface area contributed by atoms with Gasteiger partial charge in [-0.15, -0.1) is 0 Å². The van der Waals surface area contributed by atoms with Crippen LogP contribution < -0.4 is 0 Å². The monoisotopic (exact) mass is 286 g/mol. The summed E-state index contributed by atoms with van der Waals surface area (Å²) in [5.41, 5.74) is 2.47. The number of aromatic amines is 1. The molecule has 0 aromatic carbocycles. The smallest absolute Gasteiger partial charge is 0.106 e. The van der Waals surface area contributed by atoms with E-state index in [1.54, 1.807) is 0 Å². The maximum atomic E-state index is 4.48. The minimum absolute atomic E-state index is 0.919. The van der Waals surface area contributed by atoms with Crippen LogP contribution >= 0.6 is 0 Å². The van der Waals surface area contributed by atoms with Crippen LogP contribution in [0, 0.1) is 0 Å². The predicted octanol–water partition coefficient (Wildman–Crippen LogP) is 3.56. The molecule has 0 saturated heterocycles. The molecule has 0 radical (unpaired) electrons. The van der Waals surface area contributed by atoms with Gasteiger partial charge in [0.1, 0.15) is 5.82 Å². The lowest BCUT2D eigenvalue weighted by Crippen LogP contribution is -2.23. The van der Waals surface area contributed by atoms with Gasteiger partial charge >= 0.3 is 0 Å². The maximum Gasteiger partial charge on any atom is 0.106 e. The lowest BCUT2D eigenvalue weighted by molar-refractivity contribution is 0.254. The van der Waals surface area contributed by atoms with E-state index in [0.29, 0.717) is 0 Å². The van der Waals surface area contributed by atoms with E-state index in [1.807, 2.05) is 24.7 Å². The van der Waals surface area contributed by atoms with Crippen LogP contribution in [0.15, 0.2) is 30.7 Å². The summed E-state index contributed by atoms with van der Waals surface area (Å²) in [4.78, 5) is 14.6. The first-order valence-electron chi connectivity index (χ1n) is 7.95. The fourth-order valence-electron chi connectivity index (χ4n) is 2.48. The number of aromatic nitrogens is 3. The number of nitrogens with one attached hydrogen (secondary N) is 1. The molecule has 0 bridgehead atoms. The fraction of sp³-hybridized carbons (Fsp3) is 0.529. The van der Waals surface area contributed by atoms with Crippen LogP contribution in [0.4, 0.5) is 0 Å². The lowest BCUT2D eigenvalue weighted by atomic mass is 10.2. The van der Waals surface area contributed by atoms with Crippen LogP contribution in [0.2, 0.25) is 0 Å². The Bertz CT molecular complexity index is 507. The Morgan fingerprint density at radius 3 is 2.76 bits per heavy atom. The van der Waals surface area contributed by atoms with E-state index in [2.05, 4.69) is 39.8 Å². The zero-order valence-corrected chi connectivity index (χ0v) is 13.2. The number of H-pyrrole nitrogens is 1. The second-order valence-corrected chi connectivity index (χ2v) is 5.53. The molecule has 2 rings (SSSR count). The second kappa shape index (κ2) is 8.57. The third-order valence-corrected chi connectivity index (χ3v) is 3.51. The molecule has 0 aliphatic rings. The average molecular weight is 286 g/mol. The van der Waals surface area contributed by atoms with E-state index in [1.165, 1.54) is 24.1 Å². The minimum atomic E-state index is 0.919. The second-order valence-electron chi connectivity index (χ2n) is 5.53. The summed E-state index contributed by atoms with van der Waals surface area (Å²) in [5, 5.41) is 0. The molecule has 0 aliphatic carbocycles. The molecule has 0 atom stereocenters. The van der Waals surface area contributed by atoms with Gasteiger partial charge in [-0.25, -0.2) is 4.98 Å². The zero-order valence-electron chi connectivity index (χ0n) is 13.2. The fourth-order valence-corrected chi connectivity index (χ4v) is 2.48. The van der Waals surface area contributed by atoms with E-state index in [4.69, 9.17) is 0 Å². The van der Waals surface area contributed by atoms with Crippen LogP contribution in [0.1, 0.15) is 50.2 Å². The van der Waals surface area contributed by atoms with Crippen molar-refractivity contribution in [1.29, 1.82) is 0 Å². The molecule has 1 N–H and O–H groups in total. The SMILES string of the molecule is CCCCc1ncc(CN(CCC)Cc2cccnc2)[nH]1. The highest BCUT2D eigenvalue weighted by molar-refractivity contribution is 5.09. The van der Waals surface area contributed by atoms with Crippen molar-refractivity contribution < 1.29 is 0 Å². The van der Waals surface area contributed by atoms with Gasteiger partial charge in [-0.05, 0) is 31.0 Å². The number of imidazole rings is 1. The molecule has 2 aromatic heterocycles. The van der Waals surface area contributed by atoms with Crippen molar-refractivity contribution in [2.45, 2.75) is 52.6 Å².